The molecule has 1 aromatic heterocycles. The van der Waals surface area contributed by atoms with Crippen LogP contribution in [0.5, 0.6) is 0 Å². The van der Waals surface area contributed by atoms with Gasteiger partial charge in [-0.3, -0.25) is 4.79 Å². The quantitative estimate of drug-likeness (QED) is 0.882. The fourth-order valence-electron chi connectivity index (χ4n) is 2.45. The van der Waals surface area contributed by atoms with Crippen LogP contribution in [-0.4, -0.2) is 34.1 Å². The second-order valence-corrected chi connectivity index (χ2v) is 4.84. The number of halogens is 1. The summed E-state index contributed by atoms with van der Waals surface area (Å²) in [5.74, 6) is -0.468. The Morgan fingerprint density at radius 1 is 1.58 bits per heavy atom. The molecule has 0 bridgehead atoms. The zero-order chi connectivity index (χ0) is 13.8. The number of carbonyl (C=O) groups is 1. The number of hydrogen-bond donors (Lipinski definition) is 1. The molecular weight excluding hydrogens is 249 g/mol. The molecule has 0 saturated carbocycles. The molecule has 104 valence electrons. The van der Waals surface area contributed by atoms with E-state index in [4.69, 9.17) is 5.11 Å². The van der Waals surface area contributed by atoms with E-state index < -0.39 is 5.97 Å². The van der Waals surface area contributed by atoms with E-state index in [1.807, 2.05) is 11.8 Å². The summed E-state index contributed by atoms with van der Waals surface area (Å²) in [6, 6.07) is 0. The molecule has 1 unspecified atom stereocenters. The zero-order valence-electron chi connectivity index (χ0n) is 11.0. The van der Waals surface area contributed by atoms with Crippen LogP contribution in [0, 0.1) is 11.7 Å². The number of nitrogens with zero attached hydrogens (tertiary/aromatic N) is 3. The van der Waals surface area contributed by atoms with Crippen LogP contribution >= 0.6 is 0 Å². The number of aryl methyl sites for hydroxylation is 1. The highest BCUT2D eigenvalue weighted by molar-refractivity contribution is 5.66. The largest absolute Gasteiger partial charge is 0.481 e. The van der Waals surface area contributed by atoms with Gasteiger partial charge in [-0.1, -0.05) is 6.92 Å². The first kappa shape index (κ1) is 13.7. The van der Waals surface area contributed by atoms with Crippen molar-refractivity contribution in [1.29, 1.82) is 0 Å². The minimum absolute atomic E-state index is 0.172. The predicted octanol–water partition coefficient (Wildman–Crippen LogP) is 1.87. The molecular formula is C13H18FN3O2. The van der Waals surface area contributed by atoms with Crippen molar-refractivity contribution in [2.24, 2.45) is 5.92 Å². The summed E-state index contributed by atoms with van der Waals surface area (Å²) in [5.41, 5.74) is 0.430. The molecule has 0 radical (unpaired) electrons. The summed E-state index contributed by atoms with van der Waals surface area (Å²) in [4.78, 5) is 20.4. The van der Waals surface area contributed by atoms with Crippen molar-refractivity contribution in [2.45, 2.75) is 32.6 Å². The fourth-order valence-corrected chi connectivity index (χ4v) is 2.45. The van der Waals surface area contributed by atoms with Crippen molar-refractivity contribution in [3.8, 4) is 0 Å². The second kappa shape index (κ2) is 5.95. The lowest BCUT2D eigenvalue weighted by molar-refractivity contribution is -0.137. The molecule has 1 aliphatic heterocycles. The van der Waals surface area contributed by atoms with Crippen molar-refractivity contribution in [3.63, 3.8) is 0 Å². The summed E-state index contributed by atoms with van der Waals surface area (Å²) in [6.45, 7) is 3.25. The molecule has 0 spiro atoms. The maximum atomic E-state index is 14.1. The summed E-state index contributed by atoms with van der Waals surface area (Å²) in [7, 11) is 0. The molecule has 2 heterocycles. The van der Waals surface area contributed by atoms with Gasteiger partial charge in [0.05, 0.1) is 5.69 Å². The van der Waals surface area contributed by atoms with E-state index >= 15 is 0 Å². The Labute approximate surface area is 111 Å². The van der Waals surface area contributed by atoms with Crippen LogP contribution in [0.2, 0.25) is 0 Å². The number of carboxylic acid groups (broad SMARTS) is 1. The Kier molecular flexibility index (Phi) is 4.29. The molecule has 0 aliphatic carbocycles. The molecule has 1 N–H and O–H groups in total. The van der Waals surface area contributed by atoms with E-state index in [0.717, 1.165) is 13.0 Å². The van der Waals surface area contributed by atoms with Crippen molar-refractivity contribution in [2.75, 3.05) is 18.0 Å². The Morgan fingerprint density at radius 2 is 2.37 bits per heavy atom. The monoisotopic (exact) mass is 267 g/mol. The van der Waals surface area contributed by atoms with E-state index in [1.165, 1.54) is 6.33 Å². The third-order valence-corrected chi connectivity index (χ3v) is 3.53. The van der Waals surface area contributed by atoms with Crippen LogP contribution in [0.25, 0.3) is 0 Å². The Hall–Kier alpha value is -1.72. The first-order valence-electron chi connectivity index (χ1n) is 6.58. The molecule has 1 aliphatic rings. The van der Waals surface area contributed by atoms with Gasteiger partial charge in [0.25, 0.3) is 0 Å². The van der Waals surface area contributed by atoms with Crippen molar-refractivity contribution in [3.05, 3.63) is 17.8 Å². The molecule has 6 heteroatoms. The van der Waals surface area contributed by atoms with Crippen LogP contribution in [0.3, 0.4) is 0 Å². The topological polar surface area (TPSA) is 66.3 Å². The van der Waals surface area contributed by atoms with Crippen LogP contribution in [-0.2, 0) is 11.2 Å². The summed E-state index contributed by atoms with van der Waals surface area (Å²) in [5, 5.41) is 8.67. The highest BCUT2D eigenvalue weighted by Gasteiger charge is 2.26. The Bertz CT molecular complexity index is 467. The van der Waals surface area contributed by atoms with Gasteiger partial charge in [-0.05, 0) is 25.2 Å². The van der Waals surface area contributed by atoms with Crippen molar-refractivity contribution in [1.82, 2.24) is 9.97 Å². The maximum absolute atomic E-state index is 14.1. The highest BCUT2D eigenvalue weighted by atomic mass is 19.1. The van der Waals surface area contributed by atoms with E-state index in [1.54, 1.807) is 0 Å². The number of aromatic nitrogens is 2. The highest BCUT2D eigenvalue weighted by Crippen LogP contribution is 2.27. The molecule has 1 saturated heterocycles. The molecule has 5 nitrogen and oxygen atoms in total. The zero-order valence-corrected chi connectivity index (χ0v) is 11.0. The molecule has 0 amide bonds. The summed E-state index contributed by atoms with van der Waals surface area (Å²) < 4.78 is 14.1. The molecule has 1 fully saturated rings. The molecule has 19 heavy (non-hydrogen) atoms. The lowest BCUT2D eigenvalue weighted by atomic mass is 10.0. The molecule has 1 atom stereocenters. The third-order valence-electron chi connectivity index (χ3n) is 3.53. The Morgan fingerprint density at radius 3 is 3.05 bits per heavy atom. The lowest BCUT2D eigenvalue weighted by Gasteiger charge is -2.18. The fraction of sp³-hybridized carbons (Fsp3) is 0.615. The standard InChI is InChI=1S/C13H18FN3O2/c1-2-10-12(14)13(16-8-15-10)17-6-5-9(7-17)3-4-11(18)19/h8-9H,2-7H2,1H3,(H,18,19). The van der Waals surface area contributed by atoms with E-state index in [-0.39, 0.29) is 12.2 Å². The normalized spacial score (nSPS) is 18.8. The Balaban J connectivity index is 2.02. The number of aliphatic carboxylic acids is 1. The minimum atomic E-state index is -0.778. The number of anilines is 1. The second-order valence-electron chi connectivity index (χ2n) is 4.84. The van der Waals surface area contributed by atoms with Gasteiger partial charge in [-0.2, -0.15) is 0 Å². The van der Waals surface area contributed by atoms with Crippen molar-refractivity contribution < 1.29 is 14.3 Å². The summed E-state index contributed by atoms with van der Waals surface area (Å²) in [6.07, 6.45) is 3.63. The number of rotatable bonds is 5. The first-order chi connectivity index (χ1) is 9.11. The van der Waals surface area contributed by atoms with Gasteiger partial charge in [-0.15, -0.1) is 0 Å². The van der Waals surface area contributed by atoms with Gasteiger partial charge in [0.2, 0.25) is 0 Å². The number of hydrogen-bond acceptors (Lipinski definition) is 4. The smallest absolute Gasteiger partial charge is 0.303 e. The molecule has 1 aromatic rings. The first-order valence-corrected chi connectivity index (χ1v) is 6.58. The van der Waals surface area contributed by atoms with Gasteiger partial charge in [0.1, 0.15) is 6.33 Å². The SMILES string of the molecule is CCc1ncnc(N2CCC(CCC(=O)O)C2)c1F. The third kappa shape index (κ3) is 3.19. The molecule has 2 rings (SSSR count). The van der Waals surface area contributed by atoms with Gasteiger partial charge < -0.3 is 10.0 Å². The predicted molar refractivity (Wildman–Crippen MR) is 68.6 cm³/mol. The van der Waals surface area contributed by atoms with E-state index in [0.29, 0.717) is 36.8 Å². The van der Waals surface area contributed by atoms with E-state index in [9.17, 15) is 9.18 Å². The van der Waals surface area contributed by atoms with Gasteiger partial charge in [0.15, 0.2) is 11.6 Å². The molecule has 0 aromatic carbocycles. The van der Waals surface area contributed by atoms with Gasteiger partial charge in [-0.25, -0.2) is 14.4 Å². The van der Waals surface area contributed by atoms with Crippen LogP contribution < -0.4 is 4.90 Å². The average Bonchev–Trinajstić information content (AvgIpc) is 2.85. The average molecular weight is 267 g/mol. The van der Waals surface area contributed by atoms with Crippen molar-refractivity contribution >= 4 is 11.8 Å². The van der Waals surface area contributed by atoms with Gasteiger partial charge in [0, 0.05) is 19.5 Å². The van der Waals surface area contributed by atoms with Gasteiger partial charge >= 0.3 is 5.97 Å². The summed E-state index contributed by atoms with van der Waals surface area (Å²) >= 11 is 0. The lowest BCUT2D eigenvalue weighted by Crippen LogP contribution is -2.23. The van der Waals surface area contributed by atoms with Crippen LogP contribution in [0.4, 0.5) is 10.2 Å². The van der Waals surface area contributed by atoms with Crippen LogP contribution in [0.1, 0.15) is 31.9 Å². The minimum Gasteiger partial charge on any atom is -0.481 e. The van der Waals surface area contributed by atoms with E-state index in [2.05, 4.69) is 9.97 Å². The van der Waals surface area contributed by atoms with Crippen LogP contribution in [0.15, 0.2) is 6.33 Å². The maximum Gasteiger partial charge on any atom is 0.303 e. The number of carboxylic acids is 1.